The number of ketones is 1. The van der Waals surface area contributed by atoms with E-state index in [2.05, 4.69) is 0 Å². The highest BCUT2D eigenvalue weighted by Crippen LogP contribution is 2.20. The van der Waals surface area contributed by atoms with E-state index in [0.29, 0.717) is 18.5 Å². The third-order valence-corrected chi connectivity index (χ3v) is 3.09. The minimum Gasteiger partial charge on any atom is -0.498 e. The summed E-state index contributed by atoms with van der Waals surface area (Å²) in [6.07, 6.45) is 1.74. The molecule has 5 nitrogen and oxygen atoms in total. The van der Waals surface area contributed by atoms with Crippen LogP contribution >= 0.6 is 0 Å². The van der Waals surface area contributed by atoms with Crippen LogP contribution in [0.2, 0.25) is 0 Å². The molecule has 0 bridgehead atoms. The van der Waals surface area contributed by atoms with Crippen LogP contribution in [0.5, 0.6) is 0 Å². The lowest BCUT2D eigenvalue weighted by atomic mass is 9.99. The first kappa shape index (κ1) is 17.5. The highest BCUT2D eigenvalue weighted by molar-refractivity contribution is 5.97. The topological polar surface area (TPSA) is 55.8 Å². The van der Waals surface area contributed by atoms with Gasteiger partial charge in [-0.3, -0.25) is 4.79 Å². The first-order valence-electron chi connectivity index (χ1n) is 7.47. The van der Waals surface area contributed by atoms with E-state index < -0.39 is 5.60 Å². The minimum absolute atomic E-state index is 0.00108. The zero-order chi connectivity index (χ0) is 16.2. The second kappa shape index (κ2) is 6.96. The van der Waals surface area contributed by atoms with E-state index in [9.17, 15) is 9.59 Å². The lowest BCUT2D eigenvalue weighted by Crippen LogP contribution is -2.38. The van der Waals surface area contributed by atoms with Crippen molar-refractivity contribution in [3.05, 3.63) is 11.8 Å². The molecule has 1 fully saturated rings. The highest BCUT2D eigenvalue weighted by Gasteiger charge is 2.30. The Morgan fingerprint density at radius 2 is 2.00 bits per heavy atom. The van der Waals surface area contributed by atoms with Gasteiger partial charge in [0.15, 0.2) is 5.78 Å². The van der Waals surface area contributed by atoms with Crippen LogP contribution < -0.4 is 0 Å². The zero-order valence-corrected chi connectivity index (χ0v) is 13.9. The van der Waals surface area contributed by atoms with Gasteiger partial charge < -0.3 is 14.4 Å². The van der Waals surface area contributed by atoms with E-state index >= 15 is 0 Å². The molecule has 1 amide bonds. The van der Waals surface area contributed by atoms with Crippen LogP contribution in [0, 0.1) is 5.92 Å². The first-order valence-corrected chi connectivity index (χ1v) is 7.47. The molecule has 1 rings (SSSR count). The van der Waals surface area contributed by atoms with Gasteiger partial charge in [0.25, 0.3) is 0 Å². The zero-order valence-electron chi connectivity index (χ0n) is 13.9. The van der Waals surface area contributed by atoms with Gasteiger partial charge in [-0.05, 0) is 41.0 Å². The molecular weight excluding hydrogens is 270 g/mol. The van der Waals surface area contributed by atoms with E-state index in [4.69, 9.17) is 9.47 Å². The van der Waals surface area contributed by atoms with Crippen LogP contribution in [0.1, 0.15) is 48.0 Å². The molecule has 0 spiro atoms. The predicted molar refractivity (Wildman–Crippen MR) is 80.9 cm³/mol. The van der Waals surface area contributed by atoms with Crippen LogP contribution in [0.15, 0.2) is 11.8 Å². The van der Waals surface area contributed by atoms with Crippen LogP contribution in [-0.4, -0.2) is 41.6 Å². The summed E-state index contributed by atoms with van der Waals surface area (Å²) in [6, 6.07) is 0. The molecule has 0 radical (unpaired) electrons. The maximum atomic E-state index is 12.3. The number of carbonyl (C=O) groups is 2. The van der Waals surface area contributed by atoms with Gasteiger partial charge in [0, 0.05) is 18.0 Å². The number of carbonyl (C=O) groups excluding carboxylic acids is 2. The molecule has 1 atom stereocenters. The van der Waals surface area contributed by atoms with Crippen molar-refractivity contribution in [3.8, 4) is 0 Å². The normalized spacial score (nSPS) is 22.4. The number of ether oxygens (including phenoxy) is 2. The third kappa shape index (κ3) is 5.78. The molecule has 21 heavy (non-hydrogen) atoms. The minimum atomic E-state index is -0.544. The fourth-order valence-corrected chi connectivity index (χ4v) is 1.96. The molecule has 5 heteroatoms. The summed E-state index contributed by atoms with van der Waals surface area (Å²) < 4.78 is 10.8. The van der Waals surface area contributed by atoms with Gasteiger partial charge in [-0.2, -0.15) is 0 Å². The summed E-state index contributed by atoms with van der Waals surface area (Å²) in [5.74, 6) is -0.0684. The maximum absolute atomic E-state index is 12.3. The molecule has 1 aliphatic heterocycles. The summed E-state index contributed by atoms with van der Waals surface area (Å²) in [4.78, 5) is 26.0. The summed E-state index contributed by atoms with van der Waals surface area (Å²) in [7, 11) is 0. The highest BCUT2D eigenvalue weighted by atomic mass is 16.6. The van der Waals surface area contributed by atoms with Crippen molar-refractivity contribution in [2.75, 3.05) is 13.1 Å². The Morgan fingerprint density at radius 3 is 2.52 bits per heavy atom. The Morgan fingerprint density at radius 1 is 1.38 bits per heavy atom. The lowest BCUT2D eigenvalue weighted by molar-refractivity contribution is -0.118. The Bertz CT molecular complexity index is 420. The largest absolute Gasteiger partial charge is 0.498 e. The number of hydrogen-bond acceptors (Lipinski definition) is 4. The number of hydrogen-bond donors (Lipinski definition) is 0. The van der Waals surface area contributed by atoms with Crippen molar-refractivity contribution in [1.29, 1.82) is 0 Å². The average Bonchev–Trinajstić information content (AvgIpc) is 2.46. The van der Waals surface area contributed by atoms with Crippen molar-refractivity contribution in [1.82, 2.24) is 4.90 Å². The predicted octanol–water partition coefficient (Wildman–Crippen LogP) is 3.14. The van der Waals surface area contributed by atoms with Gasteiger partial charge in [0.1, 0.15) is 5.60 Å². The van der Waals surface area contributed by atoms with E-state index in [0.717, 1.165) is 0 Å². The van der Waals surface area contributed by atoms with Gasteiger partial charge in [0.05, 0.1) is 18.9 Å². The molecule has 0 aromatic heterocycles. The van der Waals surface area contributed by atoms with Gasteiger partial charge in [-0.15, -0.1) is 0 Å². The van der Waals surface area contributed by atoms with Crippen molar-refractivity contribution in [2.24, 2.45) is 5.92 Å². The number of amides is 1. The van der Waals surface area contributed by atoms with Gasteiger partial charge >= 0.3 is 6.09 Å². The molecule has 0 aliphatic carbocycles. The summed E-state index contributed by atoms with van der Waals surface area (Å²) in [5.41, 5.74) is -0.0170. The standard InChI is InChI=1S/C16H27NO4/c1-11(2)20-10-13-9-17(8-7-12(3)14(13)18)15(19)21-16(4,5)6/h10-12H,7-9H2,1-6H3/b13-10+. The van der Waals surface area contributed by atoms with E-state index in [1.54, 1.807) is 4.90 Å². The fraction of sp³-hybridized carbons (Fsp3) is 0.750. The van der Waals surface area contributed by atoms with Crippen LogP contribution in [0.4, 0.5) is 4.79 Å². The smallest absolute Gasteiger partial charge is 0.410 e. The number of likely N-dealkylation sites (tertiary alicyclic amines) is 1. The molecule has 1 aliphatic rings. The lowest BCUT2D eigenvalue weighted by Gasteiger charge is -2.26. The number of rotatable bonds is 2. The Kier molecular flexibility index (Phi) is 5.81. The second-order valence-corrected chi connectivity index (χ2v) is 6.78. The third-order valence-electron chi connectivity index (χ3n) is 3.09. The van der Waals surface area contributed by atoms with Crippen LogP contribution in [0.3, 0.4) is 0 Å². The maximum Gasteiger partial charge on any atom is 0.410 e. The van der Waals surface area contributed by atoms with E-state index in [1.807, 2.05) is 41.5 Å². The summed E-state index contributed by atoms with van der Waals surface area (Å²) in [5, 5.41) is 0. The van der Waals surface area contributed by atoms with Crippen molar-refractivity contribution in [3.63, 3.8) is 0 Å². The molecular formula is C16H27NO4. The fourth-order valence-electron chi connectivity index (χ4n) is 1.96. The number of nitrogens with zero attached hydrogens (tertiary/aromatic N) is 1. The van der Waals surface area contributed by atoms with Crippen molar-refractivity contribution in [2.45, 2.75) is 59.7 Å². The summed E-state index contributed by atoms with van der Waals surface area (Å²) in [6.45, 7) is 11.9. The Balaban J connectivity index is 2.86. The molecule has 1 heterocycles. The Labute approximate surface area is 127 Å². The molecule has 120 valence electrons. The molecule has 0 aromatic rings. The van der Waals surface area contributed by atoms with E-state index in [-0.39, 0.29) is 30.4 Å². The molecule has 0 aromatic carbocycles. The second-order valence-electron chi connectivity index (χ2n) is 6.78. The Hall–Kier alpha value is -1.52. The molecule has 1 unspecified atom stereocenters. The number of Topliss-reactive ketones (excluding diaryl/α,β-unsaturated/α-hetero) is 1. The van der Waals surface area contributed by atoms with Crippen LogP contribution in [0.25, 0.3) is 0 Å². The van der Waals surface area contributed by atoms with Gasteiger partial charge in [0.2, 0.25) is 0 Å². The molecule has 0 saturated carbocycles. The van der Waals surface area contributed by atoms with E-state index in [1.165, 1.54) is 6.26 Å². The van der Waals surface area contributed by atoms with Crippen molar-refractivity contribution < 1.29 is 19.1 Å². The monoisotopic (exact) mass is 297 g/mol. The average molecular weight is 297 g/mol. The van der Waals surface area contributed by atoms with Gasteiger partial charge in [-0.25, -0.2) is 4.79 Å². The quantitative estimate of drug-likeness (QED) is 0.580. The summed E-state index contributed by atoms with van der Waals surface area (Å²) >= 11 is 0. The SMILES string of the molecule is CC(C)O/C=C1\CN(C(=O)OC(C)(C)C)CCC(C)C1=O. The van der Waals surface area contributed by atoms with Crippen molar-refractivity contribution >= 4 is 11.9 Å². The molecule has 0 N–H and O–H groups in total. The van der Waals surface area contributed by atoms with Crippen LogP contribution in [-0.2, 0) is 14.3 Å². The first-order chi connectivity index (χ1) is 9.60. The van der Waals surface area contributed by atoms with Gasteiger partial charge in [-0.1, -0.05) is 6.92 Å². The molecule has 1 saturated heterocycles.